The molecular formula is C11H22O3. The molecule has 0 aliphatic carbocycles. The van der Waals surface area contributed by atoms with Gasteiger partial charge in [-0.2, -0.15) is 0 Å². The van der Waals surface area contributed by atoms with Gasteiger partial charge in [-0.15, -0.1) is 6.58 Å². The number of allylic oxidation sites excluding steroid dienone is 1. The van der Waals surface area contributed by atoms with Crippen LogP contribution in [0.25, 0.3) is 0 Å². The van der Waals surface area contributed by atoms with Gasteiger partial charge in [0.25, 0.3) is 0 Å². The third-order valence-electron chi connectivity index (χ3n) is 1.88. The number of ether oxygens (including phenoxy) is 2. The van der Waals surface area contributed by atoms with Gasteiger partial charge in [-0.1, -0.05) is 6.08 Å². The van der Waals surface area contributed by atoms with Gasteiger partial charge in [0.2, 0.25) is 0 Å². The van der Waals surface area contributed by atoms with Crippen molar-refractivity contribution in [3.05, 3.63) is 12.7 Å². The summed E-state index contributed by atoms with van der Waals surface area (Å²) in [6, 6.07) is 0. The normalized spacial score (nSPS) is 13.1. The summed E-state index contributed by atoms with van der Waals surface area (Å²) in [5.74, 6) is 0. The summed E-state index contributed by atoms with van der Waals surface area (Å²) in [5.41, 5.74) is 0. The van der Waals surface area contributed by atoms with Crippen molar-refractivity contribution in [1.82, 2.24) is 0 Å². The fourth-order valence-electron chi connectivity index (χ4n) is 1.21. The summed E-state index contributed by atoms with van der Waals surface area (Å²) in [6.07, 6.45) is 3.37. The fraction of sp³-hybridized carbons (Fsp3) is 0.818. The Balaban J connectivity index is 3.74. The molecule has 0 saturated carbocycles. The highest BCUT2D eigenvalue weighted by Crippen LogP contribution is 2.09. The molecule has 0 aliphatic rings. The van der Waals surface area contributed by atoms with Gasteiger partial charge in [0.05, 0.1) is 0 Å². The molecule has 84 valence electrons. The monoisotopic (exact) mass is 202 g/mol. The molecule has 0 spiro atoms. The maximum absolute atomic E-state index is 9.71. The molecular weight excluding hydrogens is 180 g/mol. The minimum atomic E-state index is -0.533. The molecule has 3 nitrogen and oxygen atoms in total. The van der Waals surface area contributed by atoms with E-state index in [0.717, 1.165) is 12.8 Å². The van der Waals surface area contributed by atoms with Crippen LogP contribution < -0.4 is 0 Å². The van der Waals surface area contributed by atoms with Gasteiger partial charge >= 0.3 is 0 Å². The van der Waals surface area contributed by atoms with Crippen LogP contribution in [0.15, 0.2) is 12.7 Å². The largest absolute Gasteiger partial charge is 0.388 e. The number of aliphatic hydroxyl groups excluding tert-OH is 1. The highest BCUT2D eigenvalue weighted by atomic mass is 16.7. The lowest BCUT2D eigenvalue weighted by atomic mass is 10.1. The topological polar surface area (TPSA) is 38.7 Å². The molecule has 3 heteroatoms. The Kier molecular flexibility index (Phi) is 8.94. The highest BCUT2D eigenvalue weighted by Gasteiger charge is 2.18. The zero-order valence-corrected chi connectivity index (χ0v) is 9.24. The first-order valence-electron chi connectivity index (χ1n) is 5.28. The van der Waals surface area contributed by atoms with Crippen LogP contribution in [-0.4, -0.2) is 30.7 Å². The Hall–Kier alpha value is -0.380. The van der Waals surface area contributed by atoms with E-state index < -0.39 is 12.4 Å². The number of rotatable bonds is 9. The summed E-state index contributed by atoms with van der Waals surface area (Å²) in [7, 11) is 0. The fourth-order valence-corrected chi connectivity index (χ4v) is 1.21. The number of hydrogen-bond acceptors (Lipinski definition) is 3. The first kappa shape index (κ1) is 13.6. The number of unbranched alkanes of at least 4 members (excludes halogenated alkanes) is 1. The first-order valence-corrected chi connectivity index (χ1v) is 5.28. The van der Waals surface area contributed by atoms with Crippen LogP contribution in [0.3, 0.4) is 0 Å². The minimum absolute atomic E-state index is 0.477. The second-order valence-corrected chi connectivity index (χ2v) is 3.07. The summed E-state index contributed by atoms with van der Waals surface area (Å²) < 4.78 is 10.6. The molecule has 14 heavy (non-hydrogen) atoms. The average molecular weight is 202 g/mol. The predicted octanol–water partition coefficient (Wildman–Crippen LogP) is 2.10. The second-order valence-electron chi connectivity index (χ2n) is 3.07. The summed E-state index contributed by atoms with van der Waals surface area (Å²) in [5, 5.41) is 9.71. The van der Waals surface area contributed by atoms with E-state index in [1.165, 1.54) is 0 Å². The van der Waals surface area contributed by atoms with Crippen molar-refractivity contribution in [2.24, 2.45) is 0 Å². The van der Waals surface area contributed by atoms with Crippen LogP contribution in [0.2, 0.25) is 0 Å². The van der Waals surface area contributed by atoms with Crippen LogP contribution >= 0.6 is 0 Å². The molecule has 1 N–H and O–H groups in total. The van der Waals surface area contributed by atoms with Crippen LogP contribution in [0, 0.1) is 0 Å². The minimum Gasteiger partial charge on any atom is -0.388 e. The van der Waals surface area contributed by atoms with Crippen molar-refractivity contribution in [3.8, 4) is 0 Å². The SMILES string of the molecule is C=CCCCC(O)C(OCC)OCC. The van der Waals surface area contributed by atoms with Crippen molar-refractivity contribution in [2.75, 3.05) is 13.2 Å². The molecule has 0 saturated heterocycles. The molecule has 0 fully saturated rings. The van der Waals surface area contributed by atoms with Gasteiger partial charge in [-0.05, 0) is 33.1 Å². The molecule has 0 heterocycles. The van der Waals surface area contributed by atoms with Crippen LogP contribution in [0.5, 0.6) is 0 Å². The molecule has 1 atom stereocenters. The zero-order valence-electron chi connectivity index (χ0n) is 9.24. The van der Waals surface area contributed by atoms with Crippen LogP contribution in [0.4, 0.5) is 0 Å². The van der Waals surface area contributed by atoms with E-state index in [2.05, 4.69) is 6.58 Å². The Bertz CT molecular complexity index is 130. The van der Waals surface area contributed by atoms with Crippen molar-refractivity contribution in [3.63, 3.8) is 0 Å². The molecule has 0 radical (unpaired) electrons. The van der Waals surface area contributed by atoms with Gasteiger partial charge in [0, 0.05) is 13.2 Å². The molecule has 1 unspecified atom stereocenters. The van der Waals surface area contributed by atoms with Gasteiger partial charge in [0.15, 0.2) is 6.29 Å². The lowest BCUT2D eigenvalue weighted by Crippen LogP contribution is -2.31. The van der Waals surface area contributed by atoms with E-state index in [0.29, 0.717) is 19.6 Å². The van der Waals surface area contributed by atoms with E-state index in [-0.39, 0.29) is 0 Å². The van der Waals surface area contributed by atoms with E-state index in [4.69, 9.17) is 9.47 Å². The summed E-state index contributed by atoms with van der Waals surface area (Å²) >= 11 is 0. The summed E-state index contributed by atoms with van der Waals surface area (Å²) in [6.45, 7) is 8.53. The maximum atomic E-state index is 9.71. The maximum Gasteiger partial charge on any atom is 0.183 e. The van der Waals surface area contributed by atoms with E-state index in [9.17, 15) is 5.11 Å². The number of aliphatic hydroxyl groups is 1. The van der Waals surface area contributed by atoms with Crippen LogP contribution in [-0.2, 0) is 9.47 Å². The molecule has 0 aromatic heterocycles. The third kappa shape index (κ3) is 6.13. The van der Waals surface area contributed by atoms with Crippen molar-refractivity contribution in [1.29, 1.82) is 0 Å². The molecule has 0 aromatic rings. The average Bonchev–Trinajstić information content (AvgIpc) is 2.18. The second kappa shape index (κ2) is 9.19. The molecule has 0 bridgehead atoms. The van der Waals surface area contributed by atoms with Crippen molar-refractivity contribution < 1.29 is 14.6 Å². The number of hydrogen-bond donors (Lipinski definition) is 1. The lowest BCUT2D eigenvalue weighted by molar-refractivity contribution is -0.190. The van der Waals surface area contributed by atoms with Gasteiger partial charge < -0.3 is 14.6 Å². The van der Waals surface area contributed by atoms with Gasteiger partial charge in [-0.3, -0.25) is 0 Å². The Morgan fingerprint density at radius 2 is 1.86 bits per heavy atom. The smallest absolute Gasteiger partial charge is 0.183 e. The molecule has 0 aliphatic heterocycles. The first-order chi connectivity index (χ1) is 6.76. The molecule has 0 amide bonds. The van der Waals surface area contributed by atoms with Gasteiger partial charge in [0.1, 0.15) is 6.10 Å². The lowest BCUT2D eigenvalue weighted by Gasteiger charge is -2.22. The Labute approximate surface area is 86.7 Å². The highest BCUT2D eigenvalue weighted by molar-refractivity contribution is 4.68. The molecule has 0 rings (SSSR count). The van der Waals surface area contributed by atoms with Crippen LogP contribution in [0.1, 0.15) is 33.1 Å². The summed E-state index contributed by atoms with van der Waals surface area (Å²) in [4.78, 5) is 0. The zero-order chi connectivity index (χ0) is 10.8. The Morgan fingerprint density at radius 1 is 1.29 bits per heavy atom. The van der Waals surface area contributed by atoms with E-state index >= 15 is 0 Å². The third-order valence-corrected chi connectivity index (χ3v) is 1.88. The van der Waals surface area contributed by atoms with Crippen molar-refractivity contribution in [2.45, 2.75) is 45.5 Å². The standard InChI is InChI=1S/C11H22O3/c1-4-7-8-9-10(12)11(13-5-2)14-6-3/h4,10-12H,1,5-9H2,2-3H3. The Morgan fingerprint density at radius 3 is 2.29 bits per heavy atom. The quantitative estimate of drug-likeness (QED) is 0.353. The predicted molar refractivity (Wildman–Crippen MR) is 57.1 cm³/mol. The van der Waals surface area contributed by atoms with Gasteiger partial charge in [-0.25, -0.2) is 0 Å². The molecule has 0 aromatic carbocycles. The van der Waals surface area contributed by atoms with E-state index in [1.54, 1.807) is 0 Å². The van der Waals surface area contributed by atoms with E-state index in [1.807, 2.05) is 19.9 Å². The van der Waals surface area contributed by atoms with Crippen molar-refractivity contribution >= 4 is 0 Å².